The number of hydrogen-bond acceptors (Lipinski definition) is 2. The van der Waals surface area contributed by atoms with Gasteiger partial charge >= 0.3 is 5.97 Å². The summed E-state index contributed by atoms with van der Waals surface area (Å²) in [5, 5.41) is 0. The quantitative estimate of drug-likeness (QED) is 0.717. The van der Waals surface area contributed by atoms with Crippen molar-refractivity contribution in [2.24, 2.45) is 0 Å². The molecular formula is C15H11FO2. The molecule has 1 heterocycles. The van der Waals surface area contributed by atoms with Gasteiger partial charge in [-0.05, 0) is 17.7 Å². The van der Waals surface area contributed by atoms with Crippen molar-refractivity contribution in [2.45, 2.75) is 12.5 Å². The molecule has 2 nitrogen and oxygen atoms in total. The molecule has 0 radical (unpaired) electrons. The molecule has 18 heavy (non-hydrogen) atoms. The number of cyclic esters (lactones) is 1. The number of carbonyl (C=O) groups is 1. The third-order valence-electron chi connectivity index (χ3n) is 3.14. The maximum atomic E-state index is 13.7. The Labute approximate surface area is 104 Å². The summed E-state index contributed by atoms with van der Waals surface area (Å²) in [4.78, 5) is 11.8. The highest BCUT2D eigenvalue weighted by atomic mass is 19.1. The van der Waals surface area contributed by atoms with Crippen molar-refractivity contribution in [2.75, 3.05) is 0 Å². The lowest BCUT2D eigenvalue weighted by Gasteiger charge is -2.25. The molecule has 1 aliphatic heterocycles. The van der Waals surface area contributed by atoms with Crippen LogP contribution in [0.5, 0.6) is 0 Å². The molecule has 0 aliphatic carbocycles. The molecule has 0 saturated heterocycles. The summed E-state index contributed by atoms with van der Waals surface area (Å²) in [7, 11) is 0. The van der Waals surface area contributed by atoms with Crippen LogP contribution in [0.1, 0.15) is 27.6 Å². The van der Waals surface area contributed by atoms with E-state index in [2.05, 4.69) is 0 Å². The number of ether oxygens (including phenoxy) is 1. The average molecular weight is 242 g/mol. The van der Waals surface area contributed by atoms with Crippen LogP contribution >= 0.6 is 0 Å². The van der Waals surface area contributed by atoms with Crippen molar-refractivity contribution >= 4 is 5.97 Å². The summed E-state index contributed by atoms with van der Waals surface area (Å²) in [6.45, 7) is 0. The van der Waals surface area contributed by atoms with E-state index in [1.807, 2.05) is 12.1 Å². The number of rotatable bonds is 1. The molecule has 1 atom stereocenters. The van der Waals surface area contributed by atoms with Gasteiger partial charge in [-0.1, -0.05) is 36.4 Å². The molecule has 0 aromatic heterocycles. The molecule has 2 aromatic carbocycles. The van der Waals surface area contributed by atoms with E-state index in [1.165, 1.54) is 6.07 Å². The Balaban J connectivity index is 2.00. The van der Waals surface area contributed by atoms with E-state index in [1.54, 1.807) is 30.3 Å². The van der Waals surface area contributed by atoms with Crippen molar-refractivity contribution in [1.29, 1.82) is 0 Å². The molecule has 0 N–H and O–H groups in total. The predicted molar refractivity (Wildman–Crippen MR) is 64.7 cm³/mol. The summed E-state index contributed by atoms with van der Waals surface area (Å²) in [5.74, 6) is -0.722. The van der Waals surface area contributed by atoms with E-state index < -0.39 is 6.10 Å². The van der Waals surface area contributed by atoms with Gasteiger partial charge in [0.15, 0.2) is 0 Å². The fourth-order valence-corrected chi connectivity index (χ4v) is 2.24. The number of esters is 1. The fourth-order valence-electron chi connectivity index (χ4n) is 2.24. The molecule has 0 spiro atoms. The summed E-state index contributed by atoms with van der Waals surface area (Å²) in [6, 6.07) is 13.7. The smallest absolute Gasteiger partial charge is 0.339 e. The van der Waals surface area contributed by atoms with Gasteiger partial charge in [-0.25, -0.2) is 9.18 Å². The van der Waals surface area contributed by atoms with E-state index >= 15 is 0 Å². The minimum atomic E-state index is -0.534. The van der Waals surface area contributed by atoms with Gasteiger partial charge in [0.1, 0.15) is 11.9 Å². The maximum absolute atomic E-state index is 13.7. The van der Waals surface area contributed by atoms with Gasteiger partial charge in [0.2, 0.25) is 0 Å². The molecule has 0 saturated carbocycles. The van der Waals surface area contributed by atoms with Crippen molar-refractivity contribution in [3.63, 3.8) is 0 Å². The SMILES string of the molecule is O=C1O[C@@H](c2ccccc2F)Cc2ccccc21. The first-order valence-corrected chi connectivity index (χ1v) is 5.79. The molecule has 0 fully saturated rings. The van der Waals surface area contributed by atoms with Crippen LogP contribution in [-0.2, 0) is 11.2 Å². The van der Waals surface area contributed by atoms with Gasteiger partial charge in [0.25, 0.3) is 0 Å². The van der Waals surface area contributed by atoms with Crippen LogP contribution in [0.2, 0.25) is 0 Å². The Morgan fingerprint density at radius 1 is 1.06 bits per heavy atom. The highest BCUT2D eigenvalue weighted by Gasteiger charge is 2.28. The minimum Gasteiger partial charge on any atom is -0.453 e. The van der Waals surface area contributed by atoms with Crippen LogP contribution in [0.3, 0.4) is 0 Å². The van der Waals surface area contributed by atoms with E-state index in [9.17, 15) is 9.18 Å². The Morgan fingerprint density at radius 3 is 2.61 bits per heavy atom. The standard InChI is InChI=1S/C15H11FO2/c16-13-8-4-3-7-12(13)14-9-10-5-1-2-6-11(10)15(17)18-14/h1-8,14H,9H2/t14-/m1/s1. The summed E-state index contributed by atoms with van der Waals surface area (Å²) in [6.07, 6.45) is -0.0170. The second-order valence-corrected chi connectivity index (χ2v) is 4.28. The molecule has 0 bridgehead atoms. The second kappa shape index (κ2) is 4.26. The molecule has 1 aliphatic rings. The lowest BCUT2D eigenvalue weighted by molar-refractivity contribution is 0.0245. The summed E-state index contributed by atoms with van der Waals surface area (Å²) in [5.41, 5.74) is 1.91. The van der Waals surface area contributed by atoms with E-state index in [4.69, 9.17) is 4.74 Å². The van der Waals surface area contributed by atoms with Gasteiger partial charge in [0.05, 0.1) is 5.56 Å². The molecule has 2 aromatic rings. The lowest BCUT2D eigenvalue weighted by Crippen LogP contribution is -2.22. The minimum absolute atomic E-state index is 0.338. The first-order chi connectivity index (χ1) is 8.75. The van der Waals surface area contributed by atoms with Gasteiger partial charge in [-0.3, -0.25) is 0 Å². The monoisotopic (exact) mass is 242 g/mol. The number of halogens is 1. The first-order valence-electron chi connectivity index (χ1n) is 5.79. The van der Waals surface area contributed by atoms with Crippen molar-refractivity contribution in [1.82, 2.24) is 0 Å². The van der Waals surface area contributed by atoms with E-state index in [0.717, 1.165) is 5.56 Å². The van der Waals surface area contributed by atoms with Crippen LogP contribution < -0.4 is 0 Å². The van der Waals surface area contributed by atoms with Crippen LogP contribution in [0.25, 0.3) is 0 Å². The van der Waals surface area contributed by atoms with Crippen LogP contribution in [0, 0.1) is 5.82 Å². The number of benzene rings is 2. The third kappa shape index (κ3) is 1.78. The topological polar surface area (TPSA) is 26.3 Å². The molecule has 0 unspecified atom stereocenters. The van der Waals surface area contributed by atoms with Crippen molar-refractivity contribution in [3.05, 3.63) is 71.0 Å². The zero-order valence-corrected chi connectivity index (χ0v) is 9.60. The van der Waals surface area contributed by atoms with Gasteiger partial charge in [-0.15, -0.1) is 0 Å². The Morgan fingerprint density at radius 2 is 1.78 bits per heavy atom. The Bertz CT molecular complexity index is 607. The first kappa shape index (κ1) is 11.0. The van der Waals surface area contributed by atoms with Crippen molar-refractivity contribution < 1.29 is 13.9 Å². The third-order valence-corrected chi connectivity index (χ3v) is 3.14. The normalized spacial score (nSPS) is 18.1. The van der Waals surface area contributed by atoms with Crippen molar-refractivity contribution in [3.8, 4) is 0 Å². The Hall–Kier alpha value is -2.16. The highest BCUT2D eigenvalue weighted by molar-refractivity contribution is 5.92. The summed E-state index contributed by atoms with van der Waals surface area (Å²) >= 11 is 0. The van der Waals surface area contributed by atoms with Gasteiger partial charge in [-0.2, -0.15) is 0 Å². The van der Waals surface area contributed by atoms with Gasteiger partial charge < -0.3 is 4.74 Å². The average Bonchev–Trinajstić information content (AvgIpc) is 2.39. The fraction of sp³-hybridized carbons (Fsp3) is 0.133. The molecule has 90 valence electrons. The second-order valence-electron chi connectivity index (χ2n) is 4.28. The number of hydrogen-bond donors (Lipinski definition) is 0. The zero-order chi connectivity index (χ0) is 12.5. The highest BCUT2D eigenvalue weighted by Crippen LogP contribution is 2.31. The molecule has 3 rings (SSSR count). The zero-order valence-electron chi connectivity index (χ0n) is 9.60. The Kier molecular flexibility index (Phi) is 2.59. The van der Waals surface area contributed by atoms with E-state index in [0.29, 0.717) is 17.5 Å². The van der Waals surface area contributed by atoms with Crippen LogP contribution in [0.4, 0.5) is 4.39 Å². The maximum Gasteiger partial charge on any atom is 0.339 e. The summed E-state index contributed by atoms with van der Waals surface area (Å²) < 4.78 is 19.0. The molecular weight excluding hydrogens is 231 g/mol. The largest absolute Gasteiger partial charge is 0.453 e. The van der Waals surface area contributed by atoms with Gasteiger partial charge in [0, 0.05) is 12.0 Å². The predicted octanol–water partition coefficient (Wildman–Crippen LogP) is 3.28. The molecule has 3 heteroatoms. The van der Waals surface area contributed by atoms with Crippen LogP contribution in [0.15, 0.2) is 48.5 Å². The van der Waals surface area contributed by atoms with E-state index in [-0.39, 0.29) is 11.8 Å². The number of carbonyl (C=O) groups excluding carboxylic acids is 1. The van der Waals surface area contributed by atoms with Crippen LogP contribution in [-0.4, -0.2) is 5.97 Å². The lowest BCUT2D eigenvalue weighted by atomic mass is 9.94. The number of fused-ring (bicyclic) bond motifs is 1. The molecule has 0 amide bonds.